The maximum absolute atomic E-state index is 13.2. The summed E-state index contributed by atoms with van der Waals surface area (Å²) in [6.07, 6.45) is -14.5. The van der Waals surface area contributed by atoms with Crippen molar-refractivity contribution < 1.29 is 49.4 Å². The van der Waals surface area contributed by atoms with Gasteiger partial charge in [-0.1, -0.05) is 36.4 Å². The summed E-state index contributed by atoms with van der Waals surface area (Å²) in [5.74, 6) is -1.25. The van der Waals surface area contributed by atoms with Crippen LogP contribution in [0.3, 0.4) is 0 Å². The van der Waals surface area contributed by atoms with Gasteiger partial charge in [0.1, 0.15) is 0 Å². The number of carboxylic acid groups (broad SMARTS) is 1. The Labute approximate surface area is 221 Å². The largest absolute Gasteiger partial charge is 0.481 e. The Bertz CT molecular complexity index is 1430. The second-order valence-electron chi connectivity index (χ2n) is 8.86. The Balaban J connectivity index is 2.02. The topological polar surface area (TPSA) is 37.3 Å². The molecule has 2 nitrogen and oxygen atoms in total. The number of carboxylic acids is 1. The lowest BCUT2D eigenvalue weighted by Gasteiger charge is -2.20. The zero-order chi connectivity index (χ0) is 29.5. The van der Waals surface area contributed by atoms with Gasteiger partial charge in [0.15, 0.2) is 0 Å². The van der Waals surface area contributed by atoms with Crippen LogP contribution in [0.4, 0.5) is 39.5 Å². The highest BCUT2D eigenvalue weighted by atomic mass is 19.4. The minimum atomic E-state index is -4.66. The van der Waals surface area contributed by atoms with Crippen molar-refractivity contribution in [3.8, 4) is 33.4 Å². The van der Waals surface area contributed by atoms with Gasteiger partial charge in [0.05, 0.1) is 23.1 Å². The standard InChI is InChI=1S/C29H17F9O2/c30-27(31,32)20-7-1-17(2-8-20)23-13-16(15-25(39)40)14-24(18-3-9-21(10-4-18)28(33,34)35)26(23)19-5-11-22(12-6-19)29(36,37)38/h1-14H,15H2,(H,39,40). The zero-order valence-electron chi connectivity index (χ0n) is 20.0. The van der Waals surface area contributed by atoms with Crippen LogP contribution < -0.4 is 0 Å². The number of hydrogen-bond acceptors (Lipinski definition) is 1. The normalized spacial score (nSPS) is 12.4. The molecule has 0 aliphatic rings. The number of alkyl halides is 9. The van der Waals surface area contributed by atoms with Crippen LogP contribution in [0.1, 0.15) is 22.3 Å². The van der Waals surface area contributed by atoms with Gasteiger partial charge in [-0.2, -0.15) is 39.5 Å². The first-order valence-corrected chi connectivity index (χ1v) is 11.5. The fraction of sp³-hybridized carbons (Fsp3) is 0.138. The molecule has 0 radical (unpaired) electrons. The predicted octanol–water partition coefficient (Wildman–Crippen LogP) is 9.37. The number of aliphatic carboxylic acids is 1. The first kappa shape index (κ1) is 28.7. The third-order valence-electron chi connectivity index (χ3n) is 6.10. The van der Waals surface area contributed by atoms with E-state index in [0.717, 1.165) is 72.8 Å². The van der Waals surface area contributed by atoms with E-state index >= 15 is 0 Å². The summed E-state index contributed by atoms with van der Waals surface area (Å²) in [5, 5.41) is 9.38. The van der Waals surface area contributed by atoms with Gasteiger partial charge in [0.25, 0.3) is 0 Å². The Morgan fingerprint density at radius 2 is 0.825 bits per heavy atom. The molecule has 4 aromatic rings. The number of rotatable bonds is 5. The van der Waals surface area contributed by atoms with E-state index in [1.807, 2.05) is 0 Å². The molecule has 0 fully saturated rings. The molecule has 0 saturated carbocycles. The molecule has 0 aliphatic carbocycles. The van der Waals surface area contributed by atoms with E-state index in [9.17, 15) is 49.4 Å². The zero-order valence-corrected chi connectivity index (χ0v) is 20.0. The van der Waals surface area contributed by atoms with E-state index in [1.165, 1.54) is 12.1 Å². The molecule has 0 atom stereocenters. The van der Waals surface area contributed by atoms with Gasteiger partial charge in [0.2, 0.25) is 0 Å². The fourth-order valence-electron chi connectivity index (χ4n) is 4.25. The van der Waals surface area contributed by atoms with Crippen LogP contribution in [0.15, 0.2) is 84.9 Å². The summed E-state index contributed by atoms with van der Waals surface area (Å²) in [6, 6.07) is 14.4. The van der Waals surface area contributed by atoms with E-state index in [1.54, 1.807) is 0 Å². The first-order chi connectivity index (χ1) is 18.5. The molecule has 1 N–H and O–H groups in total. The van der Waals surface area contributed by atoms with Crippen molar-refractivity contribution in [3.63, 3.8) is 0 Å². The molecule has 0 spiro atoms. The SMILES string of the molecule is O=C(O)Cc1cc(-c2ccc(C(F)(F)F)cc2)c(-c2ccc(C(F)(F)F)cc2)c(-c2ccc(C(F)(F)F)cc2)c1. The molecule has 4 aromatic carbocycles. The highest BCUT2D eigenvalue weighted by molar-refractivity contribution is 5.95. The van der Waals surface area contributed by atoms with E-state index in [4.69, 9.17) is 0 Å². The quantitative estimate of drug-likeness (QED) is 0.244. The minimum Gasteiger partial charge on any atom is -0.481 e. The highest BCUT2D eigenvalue weighted by Crippen LogP contribution is 2.43. The van der Waals surface area contributed by atoms with Gasteiger partial charge in [0, 0.05) is 0 Å². The van der Waals surface area contributed by atoms with E-state index in [-0.39, 0.29) is 38.9 Å². The molecular weight excluding hydrogens is 551 g/mol. The van der Waals surface area contributed by atoms with Crippen molar-refractivity contribution in [3.05, 3.63) is 107 Å². The van der Waals surface area contributed by atoms with Gasteiger partial charge >= 0.3 is 24.5 Å². The number of hydrogen-bond donors (Lipinski definition) is 1. The average molecular weight is 568 g/mol. The van der Waals surface area contributed by atoms with Gasteiger partial charge in [-0.25, -0.2) is 0 Å². The monoisotopic (exact) mass is 568 g/mol. The average Bonchev–Trinajstić information content (AvgIpc) is 2.86. The Morgan fingerprint density at radius 3 is 1.10 bits per heavy atom. The van der Waals surface area contributed by atoms with Crippen molar-refractivity contribution in [2.45, 2.75) is 24.9 Å². The van der Waals surface area contributed by atoms with Gasteiger partial charge < -0.3 is 5.11 Å². The lowest BCUT2D eigenvalue weighted by atomic mass is 9.85. The molecule has 208 valence electrons. The van der Waals surface area contributed by atoms with E-state index in [0.29, 0.717) is 0 Å². The molecule has 0 aliphatic heterocycles. The maximum Gasteiger partial charge on any atom is 0.416 e. The van der Waals surface area contributed by atoms with Crippen LogP contribution in [-0.2, 0) is 29.7 Å². The molecule has 0 aromatic heterocycles. The molecule has 0 heterocycles. The number of carbonyl (C=O) groups is 1. The van der Waals surface area contributed by atoms with Crippen molar-refractivity contribution in [2.75, 3.05) is 0 Å². The molecule has 4 rings (SSSR count). The van der Waals surface area contributed by atoms with Crippen molar-refractivity contribution in [1.29, 1.82) is 0 Å². The van der Waals surface area contributed by atoms with Crippen LogP contribution in [0.2, 0.25) is 0 Å². The van der Waals surface area contributed by atoms with Crippen LogP contribution >= 0.6 is 0 Å². The first-order valence-electron chi connectivity index (χ1n) is 11.5. The predicted molar refractivity (Wildman–Crippen MR) is 129 cm³/mol. The lowest BCUT2D eigenvalue weighted by molar-refractivity contribution is -0.138. The molecule has 0 unspecified atom stereocenters. The number of halogens is 9. The maximum atomic E-state index is 13.2. The Hall–Kier alpha value is -4.28. The van der Waals surface area contributed by atoms with Gasteiger partial charge in [-0.3, -0.25) is 4.79 Å². The smallest absolute Gasteiger partial charge is 0.416 e. The molecule has 0 saturated heterocycles. The van der Waals surface area contributed by atoms with Gasteiger partial charge in [-0.15, -0.1) is 0 Å². The minimum absolute atomic E-state index is 0.174. The van der Waals surface area contributed by atoms with Crippen molar-refractivity contribution in [1.82, 2.24) is 0 Å². The van der Waals surface area contributed by atoms with E-state index < -0.39 is 47.6 Å². The molecular formula is C29H17F9O2. The van der Waals surface area contributed by atoms with Crippen LogP contribution in [0.5, 0.6) is 0 Å². The third kappa shape index (κ3) is 6.30. The van der Waals surface area contributed by atoms with Crippen LogP contribution in [-0.4, -0.2) is 11.1 Å². The number of benzene rings is 4. The molecule has 40 heavy (non-hydrogen) atoms. The van der Waals surface area contributed by atoms with Gasteiger partial charge in [-0.05, 0) is 87.5 Å². The Morgan fingerprint density at radius 1 is 0.525 bits per heavy atom. The van der Waals surface area contributed by atoms with Crippen molar-refractivity contribution >= 4 is 5.97 Å². The van der Waals surface area contributed by atoms with Crippen LogP contribution in [0.25, 0.3) is 33.4 Å². The fourth-order valence-corrected chi connectivity index (χ4v) is 4.25. The second-order valence-corrected chi connectivity index (χ2v) is 8.86. The summed E-state index contributed by atoms with van der Waals surface area (Å²) in [7, 11) is 0. The van der Waals surface area contributed by atoms with Crippen LogP contribution in [0, 0.1) is 0 Å². The second kappa shape index (κ2) is 10.4. The summed E-state index contributed by atoms with van der Waals surface area (Å²) < 4.78 is 119. The summed E-state index contributed by atoms with van der Waals surface area (Å²) >= 11 is 0. The summed E-state index contributed by atoms with van der Waals surface area (Å²) in [5.41, 5.74) is -1.61. The third-order valence-corrected chi connectivity index (χ3v) is 6.10. The molecule has 0 amide bonds. The summed E-state index contributed by atoms with van der Waals surface area (Å²) in [4.78, 5) is 11.5. The highest BCUT2D eigenvalue weighted by Gasteiger charge is 2.32. The lowest BCUT2D eigenvalue weighted by Crippen LogP contribution is -2.06. The van der Waals surface area contributed by atoms with Crippen molar-refractivity contribution in [2.24, 2.45) is 0 Å². The summed E-state index contributed by atoms with van der Waals surface area (Å²) in [6.45, 7) is 0. The molecule has 11 heteroatoms. The van der Waals surface area contributed by atoms with E-state index in [2.05, 4.69) is 0 Å². The molecule has 0 bridgehead atoms. The Kier molecular flexibility index (Phi) is 7.44.